The van der Waals surface area contributed by atoms with Gasteiger partial charge in [0.05, 0.1) is 5.69 Å². The van der Waals surface area contributed by atoms with Crippen LogP contribution in [0.15, 0.2) is 42.5 Å². The maximum atomic E-state index is 13.4. The predicted molar refractivity (Wildman–Crippen MR) is 64.8 cm³/mol. The number of halogens is 3. The lowest BCUT2D eigenvalue weighted by Crippen LogP contribution is -2.08. The summed E-state index contributed by atoms with van der Waals surface area (Å²) in [5, 5.41) is 2.87. The molecule has 0 aromatic heterocycles. The van der Waals surface area contributed by atoms with Gasteiger partial charge in [-0.3, -0.25) is 0 Å². The lowest BCUT2D eigenvalue weighted by Gasteiger charge is -2.16. The first-order chi connectivity index (χ1) is 8.56. The van der Waals surface area contributed by atoms with E-state index in [1.165, 1.54) is 24.3 Å². The molecule has 0 heterocycles. The molecule has 1 atom stereocenters. The van der Waals surface area contributed by atoms with E-state index in [1.54, 1.807) is 19.1 Å². The number of rotatable bonds is 3. The van der Waals surface area contributed by atoms with Crippen molar-refractivity contribution in [2.24, 2.45) is 0 Å². The van der Waals surface area contributed by atoms with E-state index in [0.717, 1.165) is 6.07 Å². The zero-order valence-electron chi connectivity index (χ0n) is 9.75. The van der Waals surface area contributed by atoms with E-state index < -0.39 is 11.6 Å². The Morgan fingerprint density at radius 3 is 2.33 bits per heavy atom. The molecule has 0 radical (unpaired) electrons. The van der Waals surface area contributed by atoms with Crippen LogP contribution >= 0.6 is 0 Å². The number of benzene rings is 2. The Balaban J connectivity index is 2.18. The zero-order chi connectivity index (χ0) is 13.1. The van der Waals surface area contributed by atoms with Gasteiger partial charge >= 0.3 is 0 Å². The first kappa shape index (κ1) is 12.5. The van der Waals surface area contributed by atoms with Gasteiger partial charge in [0.1, 0.15) is 17.5 Å². The maximum Gasteiger partial charge on any atom is 0.149 e. The highest BCUT2D eigenvalue weighted by molar-refractivity contribution is 5.46. The molecule has 0 spiro atoms. The van der Waals surface area contributed by atoms with E-state index in [2.05, 4.69) is 5.32 Å². The molecule has 1 nitrogen and oxygen atoms in total. The molecule has 18 heavy (non-hydrogen) atoms. The second kappa shape index (κ2) is 5.12. The van der Waals surface area contributed by atoms with Gasteiger partial charge in [-0.15, -0.1) is 0 Å². The molecule has 0 fully saturated rings. The molecule has 0 aliphatic heterocycles. The standard InChI is InChI=1S/C14H12F3N/c1-9(10-3-2-4-11(15)7-10)18-14-6-5-12(16)8-13(14)17/h2-9,18H,1H3. The van der Waals surface area contributed by atoms with Crippen LogP contribution in [0.25, 0.3) is 0 Å². The summed E-state index contributed by atoms with van der Waals surface area (Å²) in [6.07, 6.45) is 0. The van der Waals surface area contributed by atoms with Crippen molar-refractivity contribution in [3.8, 4) is 0 Å². The molecule has 1 N–H and O–H groups in total. The van der Waals surface area contributed by atoms with Crippen molar-refractivity contribution < 1.29 is 13.2 Å². The second-order valence-electron chi connectivity index (χ2n) is 4.05. The Hall–Kier alpha value is -1.97. The molecule has 0 saturated carbocycles. The Kier molecular flexibility index (Phi) is 3.55. The molecule has 0 bridgehead atoms. The summed E-state index contributed by atoms with van der Waals surface area (Å²) in [5.41, 5.74) is 0.881. The quantitative estimate of drug-likeness (QED) is 0.858. The molecule has 2 rings (SSSR count). The van der Waals surface area contributed by atoms with Crippen LogP contribution in [0, 0.1) is 17.5 Å². The maximum absolute atomic E-state index is 13.4. The Bertz CT molecular complexity index is 554. The highest BCUT2D eigenvalue weighted by atomic mass is 19.1. The monoisotopic (exact) mass is 251 g/mol. The fourth-order valence-corrected chi connectivity index (χ4v) is 1.70. The lowest BCUT2D eigenvalue weighted by molar-refractivity contribution is 0.583. The van der Waals surface area contributed by atoms with Gasteiger partial charge in [0, 0.05) is 12.1 Å². The molecule has 4 heteroatoms. The molecule has 0 amide bonds. The third kappa shape index (κ3) is 2.83. The summed E-state index contributed by atoms with van der Waals surface area (Å²) < 4.78 is 39.2. The summed E-state index contributed by atoms with van der Waals surface area (Å²) in [6.45, 7) is 1.78. The second-order valence-corrected chi connectivity index (χ2v) is 4.05. The SMILES string of the molecule is CC(Nc1ccc(F)cc1F)c1cccc(F)c1. The van der Waals surface area contributed by atoms with Crippen molar-refractivity contribution in [1.29, 1.82) is 0 Å². The van der Waals surface area contributed by atoms with Gasteiger partial charge in [-0.1, -0.05) is 12.1 Å². The van der Waals surface area contributed by atoms with Crippen LogP contribution in [0.4, 0.5) is 18.9 Å². The average molecular weight is 251 g/mol. The highest BCUT2D eigenvalue weighted by Crippen LogP contribution is 2.22. The molecule has 94 valence electrons. The van der Waals surface area contributed by atoms with Crippen LogP contribution in [-0.4, -0.2) is 0 Å². The molecule has 0 aliphatic rings. The van der Waals surface area contributed by atoms with Crippen molar-refractivity contribution in [1.82, 2.24) is 0 Å². The van der Waals surface area contributed by atoms with Crippen LogP contribution in [0.5, 0.6) is 0 Å². The van der Waals surface area contributed by atoms with Gasteiger partial charge in [0.15, 0.2) is 0 Å². The molecule has 2 aromatic rings. The van der Waals surface area contributed by atoms with Gasteiger partial charge < -0.3 is 5.32 Å². The fourth-order valence-electron chi connectivity index (χ4n) is 1.70. The molecule has 1 unspecified atom stereocenters. The minimum Gasteiger partial charge on any atom is -0.376 e. The largest absolute Gasteiger partial charge is 0.376 e. The highest BCUT2D eigenvalue weighted by Gasteiger charge is 2.09. The van der Waals surface area contributed by atoms with Gasteiger partial charge in [-0.2, -0.15) is 0 Å². The van der Waals surface area contributed by atoms with Gasteiger partial charge in [0.2, 0.25) is 0 Å². The normalized spacial score (nSPS) is 12.2. The smallest absolute Gasteiger partial charge is 0.149 e. The van der Waals surface area contributed by atoms with Crippen LogP contribution in [0.1, 0.15) is 18.5 Å². The van der Waals surface area contributed by atoms with E-state index in [1.807, 2.05) is 0 Å². The summed E-state index contributed by atoms with van der Waals surface area (Å²) in [4.78, 5) is 0. The van der Waals surface area contributed by atoms with E-state index in [0.29, 0.717) is 5.56 Å². The first-order valence-corrected chi connectivity index (χ1v) is 5.53. The molecular formula is C14H12F3N. The van der Waals surface area contributed by atoms with E-state index in [9.17, 15) is 13.2 Å². The summed E-state index contributed by atoms with van der Waals surface area (Å²) in [5.74, 6) is -1.64. The van der Waals surface area contributed by atoms with Crippen LogP contribution in [0.3, 0.4) is 0 Å². The minimum atomic E-state index is -0.668. The Morgan fingerprint density at radius 1 is 0.944 bits per heavy atom. The lowest BCUT2D eigenvalue weighted by atomic mass is 10.1. The van der Waals surface area contributed by atoms with Crippen LogP contribution < -0.4 is 5.32 Å². The predicted octanol–water partition coefficient (Wildman–Crippen LogP) is 4.28. The molecule has 0 saturated heterocycles. The molecule has 2 aromatic carbocycles. The van der Waals surface area contributed by atoms with Gasteiger partial charge in [0.25, 0.3) is 0 Å². The van der Waals surface area contributed by atoms with Crippen molar-refractivity contribution in [2.45, 2.75) is 13.0 Å². The fraction of sp³-hybridized carbons (Fsp3) is 0.143. The zero-order valence-corrected chi connectivity index (χ0v) is 9.75. The third-order valence-corrected chi connectivity index (χ3v) is 2.65. The molecule has 0 aliphatic carbocycles. The summed E-state index contributed by atoms with van der Waals surface area (Å²) in [7, 11) is 0. The van der Waals surface area contributed by atoms with E-state index in [-0.39, 0.29) is 17.5 Å². The number of hydrogen-bond acceptors (Lipinski definition) is 1. The summed E-state index contributed by atoms with van der Waals surface area (Å²) in [6, 6.07) is 9.06. The van der Waals surface area contributed by atoms with Crippen LogP contribution in [-0.2, 0) is 0 Å². The number of hydrogen-bond donors (Lipinski definition) is 1. The van der Waals surface area contributed by atoms with Crippen molar-refractivity contribution in [3.63, 3.8) is 0 Å². The molecular weight excluding hydrogens is 239 g/mol. The average Bonchev–Trinajstić information content (AvgIpc) is 2.32. The summed E-state index contributed by atoms with van der Waals surface area (Å²) >= 11 is 0. The van der Waals surface area contributed by atoms with Gasteiger partial charge in [-0.05, 0) is 36.8 Å². The van der Waals surface area contributed by atoms with Crippen molar-refractivity contribution in [3.05, 3.63) is 65.5 Å². The Morgan fingerprint density at radius 2 is 1.67 bits per heavy atom. The van der Waals surface area contributed by atoms with Gasteiger partial charge in [-0.25, -0.2) is 13.2 Å². The van der Waals surface area contributed by atoms with Crippen molar-refractivity contribution in [2.75, 3.05) is 5.32 Å². The van der Waals surface area contributed by atoms with E-state index in [4.69, 9.17) is 0 Å². The van der Waals surface area contributed by atoms with Crippen LogP contribution in [0.2, 0.25) is 0 Å². The first-order valence-electron chi connectivity index (χ1n) is 5.53. The number of anilines is 1. The topological polar surface area (TPSA) is 12.0 Å². The minimum absolute atomic E-state index is 0.188. The van der Waals surface area contributed by atoms with Crippen molar-refractivity contribution >= 4 is 5.69 Å². The number of nitrogens with one attached hydrogen (secondary N) is 1. The Labute approximate surface area is 103 Å². The van der Waals surface area contributed by atoms with E-state index >= 15 is 0 Å². The third-order valence-electron chi connectivity index (χ3n) is 2.65.